The third-order valence-electron chi connectivity index (χ3n) is 3.68. The summed E-state index contributed by atoms with van der Waals surface area (Å²) in [5, 5.41) is 12.6. The van der Waals surface area contributed by atoms with Crippen LogP contribution in [-0.4, -0.2) is 69.6 Å². The Labute approximate surface area is 172 Å². The van der Waals surface area contributed by atoms with Crippen molar-refractivity contribution in [3.05, 3.63) is 0 Å². The zero-order valence-electron chi connectivity index (χ0n) is 17.7. The summed E-state index contributed by atoms with van der Waals surface area (Å²) in [6.45, 7) is 7.36. The molecule has 0 aromatic rings. The van der Waals surface area contributed by atoms with Gasteiger partial charge in [-0.05, 0) is 12.3 Å². The fraction of sp³-hybridized carbons (Fsp3) is 0.833. The lowest BCUT2D eigenvalue weighted by molar-refractivity contribution is -0.165. The van der Waals surface area contributed by atoms with Gasteiger partial charge in [0.25, 0.3) is 10.1 Å². The highest BCUT2D eigenvalue weighted by Crippen LogP contribution is 2.23. The average molecular weight is 440 g/mol. The molecule has 0 saturated carbocycles. The molecule has 170 valence electrons. The molecular formula is C18H33NO9S. The van der Waals surface area contributed by atoms with E-state index in [2.05, 4.69) is 5.32 Å². The summed E-state index contributed by atoms with van der Waals surface area (Å²) >= 11 is 0. The number of carbonyl (C=O) groups excluding carboxylic acids is 3. The zero-order valence-corrected chi connectivity index (χ0v) is 18.5. The van der Waals surface area contributed by atoms with E-state index in [9.17, 15) is 27.9 Å². The molecular weight excluding hydrogens is 406 g/mol. The fourth-order valence-corrected chi connectivity index (χ4v) is 3.08. The lowest BCUT2D eigenvalue weighted by Crippen LogP contribution is -2.42. The molecule has 0 aromatic carbocycles. The Morgan fingerprint density at radius 1 is 1.10 bits per heavy atom. The molecule has 1 atom stereocenters. The van der Waals surface area contributed by atoms with Gasteiger partial charge in [-0.1, -0.05) is 27.7 Å². The van der Waals surface area contributed by atoms with Gasteiger partial charge < -0.3 is 19.9 Å². The van der Waals surface area contributed by atoms with Crippen LogP contribution in [0.4, 0.5) is 0 Å². The van der Waals surface area contributed by atoms with Gasteiger partial charge in [0.1, 0.15) is 13.2 Å². The van der Waals surface area contributed by atoms with Crippen molar-refractivity contribution in [2.45, 2.75) is 53.6 Å². The first-order valence-corrected chi connectivity index (χ1v) is 11.0. The molecule has 29 heavy (non-hydrogen) atoms. The van der Waals surface area contributed by atoms with Crippen LogP contribution in [0.5, 0.6) is 0 Å². The molecule has 0 heterocycles. The first-order chi connectivity index (χ1) is 13.3. The molecule has 11 heteroatoms. The Morgan fingerprint density at radius 3 is 2.24 bits per heavy atom. The molecule has 0 spiro atoms. The number of hydrogen-bond acceptors (Lipinski definition) is 9. The van der Waals surface area contributed by atoms with Crippen molar-refractivity contribution in [2.75, 3.05) is 32.1 Å². The summed E-state index contributed by atoms with van der Waals surface area (Å²) in [5.41, 5.74) is -1.24. The molecule has 0 aliphatic rings. The zero-order chi connectivity index (χ0) is 22.7. The maximum absolute atomic E-state index is 12.0. The van der Waals surface area contributed by atoms with E-state index in [-0.39, 0.29) is 50.2 Å². The van der Waals surface area contributed by atoms with E-state index >= 15 is 0 Å². The SMILES string of the molecule is CC(=O)NCCCS(=O)(=O)OCC(C)(C)[C@@H](O)C(=O)OCCOC(=O)CC(C)C. The molecule has 0 fully saturated rings. The van der Waals surface area contributed by atoms with Crippen molar-refractivity contribution in [1.29, 1.82) is 0 Å². The van der Waals surface area contributed by atoms with E-state index < -0.39 is 40.2 Å². The monoisotopic (exact) mass is 439 g/mol. The maximum atomic E-state index is 12.0. The molecule has 2 N–H and O–H groups in total. The van der Waals surface area contributed by atoms with Gasteiger partial charge in [-0.15, -0.1) is 0 Å². The van der Waals surface area contributed by atoms with Gasteiger partial charge in [-0.3, -0.25) is 13.8 Å². The lowest BCUT2D eigenvalue weighted by Gasteiger charge is -2.28. The number of amides is 1. The number of ether oxygens (including phenoxy) is 2. The largest absolute Gasteiger partial charge is 0.462 e. The molecule has 0 radical (unpaired) electrons. The van der Waals surface area contributed by atoms with Crippen LogP contribution >= 0.6 is 0 Å². The van der Waals surface area contributed by atoms with Crippen LogP contribution in [0.15, 0.2) is 0 Å². The maximum Gasteiger partial charge on any atom is 0.335 e. The average Bonchev–Trinajstić information content (AvgIpc) is 2.59. The summed E-state index contributed by atoms with van der Waals surface area (Å²) in [7, 11) is -3.88. The summed E-state index contributed by atoms with van der Waals surface area (Å²) in [6, 6.07) is 0. The van der Waals surface area contributed by atoms with Crippen LogP contribution in [0.25, 0.3) is 0 Å². The van der Waals surface area contributed by atoms with Crippen LogP contribution in [0.3, 0.4) is 0 Å². The Bertz CT molecular complexity index is 644. The van der Waals surface area contributed by atoms with E-state index in [4.69, 9.17) is 13.7 Å². The first kappa shape index (κ1) is 27.3. The van der Waals surface area contributed by atoms with Gasteiger partial charge >= 0.3 is 11.9 Å². The first-order valence-electron chi connectivity index (χ1n) is 9.38. The van der Waals surface area contributed by atoms with Gasteiger partial charge in [0.15, 0.2) is 6.10 Å². The van der Waals surface area contributed by atoms with E-state index in [0.29, 0.717) is 0 Å². The standard InChI is InChI=1S/C18H33NO9S/c1-13(2)11-15(21)26-8-9-27-17(23)16(22)18(4,5)12-28-29(24,25)10-6-7-19-14(3)20/h13,16,22H,6-12H2,1-5H3,(H,19,20)/t16-/m0/s1. The van der Waals surface area contributed by atoms with Crippen molar-refractivity contribution in [3.8, 4) is 0 Å². The van der Waals surface area contributed by atoms with Gasteiger partial charge in [0.05, 0.1) is 12.4 Å². The van der Waals surface area contributed by atoms with E-state index in [1.165, 1.54) is 20.8 Å². The summed E-state index contributed by atoms with van der Waals surface area (Å²) < 4.78 is 38.4. The van der Waals surface area contributed by atoms with Crippen LogP contribution in [-0.2, 0) is 38.2 Å². The molecule has 0 aliphatic carbocycles. The smallest absolute Gasteiger partial charge is 0.335 e. The number of carbonyl (C=O) groups is 3. The Balaban J connectivity index is 4.34. The predicted octanol–water partition coefficient (Wildman–Crippen LogP) is 0.379. The second-order valence-electron chi connectivity index (χ2n) is 7.74. The molecule has 0 aromatic heterocycles. The van der Waals surface area contributed by atoms with Gasteiger partial charge in [-0.2, -0.15) is 8.42 Å². The summed E-state index contributed by atoms with van der Waals surface area (Å²) in [4.78, 5) is 34.1. The minimum absolute atomic E-state index is 0.135. The van der Waals surface area contributed by atoms with E-state index in [1.54, 1.807) is 0 Å². The highest BCUT2D eigenvalue weighted by Gasteiger charge is 2.36. The third kappa shape index (κ3) is 13.2. The van der Waals surface area contributed by atoms with E-state index in [1.807, 2.05) is 13.8 Å². The molecule has 0 saturated heterocycles. The Morgan fingerprint density at radius 2 is 1.69 bits per heavy atom. The predicted molar refractivity (Wildman–Crippen MR) is 104 cm³/mol. The molecule has 0 aliphatic heterocycles. The van der Waals surface area contributed by atoms with Gasteiger partial charge in [-0.25, -0.2) is 4.79 Å². The van der Waals surface area contributed by atoms with Crippen molar-refractivity contribution >= 4 is 28.0 Å². The topological polar surface area (TPSA) is 145 Å². The third-order valence-corrected chi connectivity index (χ3v) is 4.95. The summed E-state index contributed by atoms with van der Waals surface area (Å²) in [6.07, 6.45) is -1.22. The molecule has 10 nitrogen and oxygen atoms in total. The Hall–Kier alpha value is -1.72. The van der Waals surface area contributed by atoms with Gasteiger partial charge in [0, 0.05) is 25.3 Å². The lowest BCUT2D eigenvalue weighted by atomic mass is 9.88. The molecule has 1 amide bonds. The number of hydrogen-bond donors (Lipinski definition) is 2. The summed E-state index contributed by atoms with van der Waals surface area (Å²) in [5.74, 6) is -1.81. The van der Waals surface area contributed by atoms with Crippen LogP contribution in [0, 0.1) is 11.3 Å². The number of aliphatic hydroxyl groups is 1. The minimum atomic E-state index is -3.88. The highest BCUT2D eigenvalue weighted by molar-refractivity contribution is 7.86. The number of esters is 2. The molecule has 0 unspecified atom stereocenters. The number of rotatable bonds is 14. The number of nitrogens with one attached hydrogen (secondary N) is 1. The second kappa shape index (κ2) is 12.8. The van der Waals surface area contributed by atoms with Crippen molar-refractivity contribution in [2.24, 2.45) is 11.3 Å². The quantitative estimate of drug-likeness (QED) is 0.223. The van der Waals surface area contributed by atoms with Crippen molar-refractivity contribution in [1.82, 2.24) is 5.32 Å². The molecule has 0 bridgehead atoms. The van der Waals surface area contributed by atoms with Crippen molar-refractivity contribution < 1.29 is 41.6 Å². The number of aliphatic hydroxyl groups excluding tert-OH is 1. The normalized spacial score (nSPS) is 13.1. The van der Waals surface area contributed by atoms with Crippen LogP contribution in [0.2, 0.25) is 0 Å². The fourth-order valence-electron chi connectivity index (χ4n) is 1.98. The van der Waals surface area contributed by atoms with Crippen LogP contribution < -0.4 is 5.32 Å². The van der Waals surface area contributed by atoms with E-state index in [0.717, 1.165) is 0 Å². The Kier molecular flexibility index (Phi) is 12.0. The highest BCUT2D eigenvalue weighted by atomic mass is 32.2. The second-order valence-corrected chi connectivity index (χ2v) is 9.50. The molecule has 0 rings (SSSR count). The van der Waals surface area contributed by atoms with Crippen LogP contribution in [0.1, 0.15) is 47.5 Å². The van der Waals surface area contributed by atoms with Crippen molar-refractivity contribution in [3.63, 3.8) is 0 Å². The van der Waals surface area contributed by atoms with Gasteiger partial charge in [0.2, 0.25) is 5.91 Å². The minimum Gasteiger partial charge on any atom is -0.462 e.